The predicted molar refractivity (Wildman–Crippen MR) is 160 cm³/mol. The molecule has 1 unspecified atom stereocenters. The standard InChI is InChI=1S/C32H43BrN2.CH4/c1-23-7-5-11-26(19-23)29(12-6-10-24-13-16-28(34)17-14-24)31-22-35(21-25-8-3-2-4-9-25)32-18-15-27(33)20-30(31)32;/h5,7,11,15,18-20,22,24-25,28-29H,2-4,6,8-10,12-14,16-17,21,34H2,1H3;1H4. The maximum Gasteiger partial charge on any atom is 0.0484 e. The fraction of sp³-hybridized carbons (Fsp3) is 0.576. The Morgan fingerprint density at radius 2 is 1.72 bits per heavy atom. The Morgan fingerprint density at radius 1 is 0.944 bits per heavy atom. The third-order valence-corrected chi connectivity index (χ3v) is 9.36. The molecule has 3 aromatic rings. The summed E-state index contributed by atoms with van der Waals surface area (Å²) in [5, 5.41) is 1.44. The van der Waals surface area contributed by atoms with Gasteiger partial charge in [0.1, 0.15) is 0 Å². The highest BCUT2D eigenvalue weighted by atomic mass is 79.9. The summed E-state index contributed by atoms with van der Waals surface area (Å²) in [4.78, 5) is 0. The number of nitrogens with zero attached hydrogens (tertiary/aromatic N) is 1. The van der Waals surface area contributed by atoms with Gasteiger partial charge in [-0.05, 0) is 93.0 Å². The lowest BCUT2D eigenvalue weighted by Crippen LogP contribution is -2.26. The van der Waals surface area contributed by atoms with E-state index in [1.807, 2.05) is 0 Å². The Bertz CT molecular complexity index is 1100. The topological polar surface area (TPSA) is 30.9 Å². The summed E-state index contributed by atoms with van der Waals surface area (Å²) < 4.78 is 3.78. The van der Waals surface area contributed by atoms with E-state index >= 15 is 0 Å². The van der Waals surface area contributed by atoms with Crippen molar-refractivity contribution in [2.75, 3.05) is 0 Å². The summed E-state index contributed by atoms with van der Waals surface area (Å²) in [6.07, 6.45) is 18.5. The largest absolute Gasteiger partial charge is 0.347 e. The maximum absolute atomic E-state index is 6.17. The summed E-state index contributed by atoms with van der Waals surface area (Å²) >= 11 is 3.78. The summed E-state index contributed by atoms with van der Waals surface area (Å²) in [5.41, 5.74) is 11.9. The van der Waals surface area contributed by atoms with Crippen molar-refractivity contribution in [1.29, 1.82) is 0 Å². The summed E-state index contributed by atoms with van der Waals surface area (Å²) in [6.45, 7) is 3.40. The van der Waals surface area contributed by atoms with E-state index in [0.717, 1.165) is 11.8 Å². The lowest BCUT2D eigenvalue weighted by atomic mass is 9.81. The highest BCUT2D eigenvalue weighted by Crippen LogP contribution is 2.39. The van der Waals surface area contributed by atoms with E-state index in [2.05, 4.69) is 76.1 Å². The minimum Gasteiger partial charge on any atom is -0.347 e. The van der Waals surface area contributed by atoms with Gasteiger partial charge in [-0.3, -0.25) is 0 Å². The van der Waals surface area contributed by atoms with Crippen molar-refractivity contribution >= 4 is 26.8 Å². The SMILES string of the molecule is C.Cc1cccc(C(CCCC2CCC(N)CC2)c2cn(CC3CCCCC3)c3ccc(Br)cc23)c1. The van der Waals surface area contributed by atoms with Crippen LogP contribution in [0.1, 0.15) is 107 Å². The first-order valence-corrected chi connectivity index (χ1v) is 15.0. The van der Waals surface area contributed by atoms with Crippen molar-refractivity contribution in [3.05, 3.63) is 69.8 Å². The van der Waals surface area contributed by atoms with Crippen molar-refractivity contribution in [3.63, 3.8) is 0 Å². The van der Waals surface area contributed by atoms with Gasteiger partial charge in [0, 0.05) is 40.1 Å². The second-order valence-electron chi connectivity index (χ2n) is 11.6. The quantitative estimate of drug-likeness (QED) is 0.297. The summed E-state index contributed by atoms with van der Waals surface area (Å²) in [7, 11) is 0. The molecule has 1 heterocycles. The molecule has 2 saturated carbocycles. The molecule has 2 nitrogen and oxygen atoms in total. The third kappa shape index (κ3) is 6.64. The Labute approximate surface area is 228 Å². The van der Waals surface area contributed by atoms with Crippen molar-refractivity contribution in [2.24, 2.45) is 17.6 Å². The van der Waals surface area contributed by atoms with E-state index in [4.69, 9.17) is 5.73 Å². The average Bonchev–Trinajstić information content (AvgIpc) is 3.20. The second kappa shape index (κ2) is 12.8. The first kappa shape index (κ1) is 27.5. The highest BCUT2D eigenvalue weighted by Gasteiger charge is 2.24. The van der Waals surface area contributed by atoms with E-state index in [0.29, 0.717) is 12.0 Å². The van der Waals surface area contributed by atoms with Gasteiger partial charge in [-0.1, -0.05) is 85.3 Å². The van der Waals surface area contributed by atoms with Crippen LogP contribution in [-0.4, -0.2) is 10.6 Å². The molecule has 5 rings (SSSR count). The molecule has 0 radical (unpaired) electrons. The lowest BCUT2D eigenvalue weighted by molar-refractivity contribution is 0.302. The lowest BCUT2D eigenvalue weighted by Gasteiger charge is -2.26. The molecule has 0 spiro atoms. The number of benzene rings is 2. The number of nitrogens with two attached hydrogens (primary N) is 1. The molecule has 0 amide bonds. The van der Waals surface area contributed by atoms with E-state index < -0.39 is 0 Å². The van der Waals surface area contributed by atoms with Gasteiger partial charge in [0.25, 0.3) is 0 Å². The van der Waals surface area contributed by atoms with E-state index in [-0.39, 0.29) is 7.43 Å². The number of fused-ring (bicyclic) bond motifs is 1. The van der Waals surface area contributed by atoms with Crippen LogP contribution >= 0.6 is 15.9 Å². The molecular weight excluding hydrogens is 504 g/mol. The normalized spacial score (nSPS) is 21.9. The van der Waals surface area contributed by atoms with Crippen LogP contribution in [-0.2, 0) is 6.54 Å². The molecule has 196 valence electrons. The number of aromatic nitrogens is 1. The van der Waals surface area contributed by atoms with Crippen LogP contribution in [0.25, 0.3) is 10.9 Å². The summed E-state index contributed by atoms with van der Waals surface area (Å²) in [5.74, 6) is 2.14. The van der Waals surface area contributed by atoms with Crippen molar-refractivity contribution < 1.29 is 0 Å². The molecule has 2 aromatic carbocycles. The van der Waals surface area contributed by atoms with Gasteiger partial charge < -0.3 is 10.3 Å². The van der Waals surface area contributed by atoms with E-state index in [9.17, 15) is 0 Å². The number of hydrogen-bond acceptors (Lipinski definition) is 1. The minimum absolute atomic E-state index is 0. The van der Waals surface area contributed by atoms with E-state index in [1.165, 1.54) is 116 Å². The Morgan fingerprint density at radius 3 is 2.47 bits per heavy atom. The Hall–Kier alpha value is -1.58. The van der Waals surface area contributed by atoms with Crippen LogP contribution in [0.3, 0.4) is 0 Å². The van der Waals surface area contributed by atoms with Crippen LogP contribution < -0.4 is 5.73 Å². The van der Waals surface area contributed by atoms with Gasteiger partial charge in [-0.15, -0.1) is 0 Å². The average molecular weight is 552 g/mol. The van der Waals surface area contributed by atoms with Gasteiger partial charge in [0.2, 0.25) is 0 Å². The number of rotatable bonds is 8. The number of aryl methyl sites for hydroxylation is 1. The van der Waals surface area contributed by atoms with Crippen LogP contribution in [0.4, 0.5) is 0 Å². The molecule has 0 aliphatic heterocycles. The molecule has 3 heteroatoms. The molecule has 1 aromatic heterocycles. The molecule has 0 bridgehead atoms. The molecule has 1 atom stereocenters. The zero-order chi connectivity index (χ0) is 24.2. The zero-order valence-electron chi connectivity index (χ0n) is 21.5. The Kier molecular flexibility index (Phi) is 9.75. The first-order valence-electron chi connectivity index (χ1n) is 14.2. The fourth-order valence-electron chi connectivity index (χ4n) is 6.85. The van der Waals surface area contributed by atoms with Gasteiger partial charge in [-0.25, -0.2) is 0 Å². The highest BCUT2D eigenvalue weighted by molar-refractivity contribution is 9.10. The van der Waals surface area contributed by atoms with Crippen molar-refractivity contribution in [1.82, 2.24) is 4.57 Å². The molecule has 36 heavy (non-hydrogen) atoms. The van der Waals surface area contributed by atoms with Crippen molar-refractivity contribution in [3.8, 4) is 0 Å². The molecular formula is C33H47BrN2. The Balaban J connectivity index is 0.00000304. The van der Waals surface area contributed by atoms with Crippen LogP contribution in [0.2, 0.25) is 0 Å². The van der Waals surface area contributed by atoms with E-state index in [1.54, 1.807) is 0 Å². The smallest absolute Gasteiger partial charge is 0.0484 e. The monoisotopic (exact) mass is 550 g/mol. The first-order chi connectivity index (χ1) is 17.1. The zero-order valence-corrected chi connectivity index (χ0v) is 23.1. The molecule has 0 saturated heterocycles. The number of hydrogen-bond donors (Lipinski definition) is 1. The second-order valence-corrected chi connectivity index (χ2v) is 12.5. The predicted octanol–water partition coefficient (Wildman–Crippen LogP) is 9.75. The van der Waals surface area contributed by atoms with Crippen molar-refractivity contribution in [2.45, 2.75) is 110 Å². The third-order valence-electron chi connectivity index (χ3n) is 8.87. The van der Waals surface area contributed by atoms with Gasteiger partial charge in [0.15, 0.2) is 0 Å². The maximum atomic E-state index is 6.17. The van der Waals surface area contributed by atoms with Gasteiger partial charge >= 0.3 is 0 Å². The number of halogens is 1. The molecule has 2 fully saturated rings. The van der Waals surface area contributed by atoms with Gasteiger partial charge in [0.05, 0.1) is 0 Å². The van der Waals surface area contributed by atoms with Crippen LogP contribution in [0.5, 0.6) is 0 Å². The summed E-state index contributed by atoms with van der Waals surface area (Å²) in [6, 6.07) is 16.6. The molecule has 2 N–H and O–H groups in total. The fourth-order valence-corrected chi connectivity index (χ4v) is 7.21. The molecule has 2 aliphatic carbocycles. The van der Waals surface area contributed by atoms with Crippen LogP contribution in [0, 0.1) is 18.8 Å². The molecule has 2 aliphatic rings. The minimum atomic E-state index is 0. The van der Waals surface area contributed by atoms with Crippen LogP contribution in [0.15, 0.2) is 53.1 Å². The van der Waals surface area contributed by atoms with Gasteiger partial charge in [-0.2, -0.15) is 0 Å².